The Kier molecular flexibility index (Phi) is 3.37. The van der Waals surface area contributed by atoms with E-state index >= 15 is 0 Å². The van der Waals surface area contributed by atoms with Crippen LogP contribution in [-0.2, 0) is 9.84 Å². The van der Waals surface area contributed by atoms with Crippen LogP contribution in [0.5, 0.6) is 0 Å². The topological polar surface area (TPSA) is 63.4 Å². The molecule has 19 heavy (non-hydrogen) atoms. The molecule has 4 nitrogen and oxygen atoms in total. The summed E-state index contributed by atoms with van der Waals surface area (Å²) >= 11 is 0. The average Bonchev–Trinajstić information content (AvgIpc) is 2.95. The minimum Gasteiger partial charge on any atom is -0.325 e. The highest BCUT2D eigenvalue weighted by molar-refractivity contribution is 7.91. The van der Waals surface area contributed by atoms with Gasteiger partial charge in [-0.25, -0.2) is 8.42 Å². The van der Waals surface area contributed by atoms with Crippen LogP contribution in [0, 0.1) is 0 Å². The van der Waals surface area contributed by atoms with Crippen LogP contribution in [0.1, 0.15) is 17.9 Å². The molecule has 2 saturated heterocycles. The normalized spacial score (nSPS) is 34.7. The number of likely N-dealkylation sites (tertiary alicyclic amines) is 1. The average molecular weight is 280 g/mol. The lowest BCUT2D eigenvalue weighted by molar-refractivity contribution is 0.242. The fraction of sp³-hybridized carbons (Fsp3) is 0.571. The fourth-order valence-electron chi connectivity index (χ4n) is 3.32. The first kappa shape index (κ1) is 13.1. The van der Waals surface area contributed by atoms with E-state index in [0.717, 1.165) is 19.5 Å². The van der Waals surface area contributed by atoms with E-state index in [2.05, 4.69) is 29.2 Å². The minimum atomic E-state index is -2.93. The van der Waals surface area contributed by atoms with Crippen LogP contribution in [-0.4, -0.2) is 50.0 Å². The van der Waals surface area contributed by atoms with E-state index in [1.165, 1.54) is 5.56 Å². The first-order chi connectivity index (χ1) is 9.05. The summed E-state index contributed by atoms with van der Waals surface area (Å²) in [5.41, 5.74) is 7.34. The summed E-state index contributed by atoms with van der Waals surface area (Å²) in [6.07, 6.45) is 1.09. The van der Waals surface area contributed by atoms with Crippen molar-refractivity contribution < 1.29 is 8.42 Å². The van der Waals surface area contributed by atoms with Crippen LogP contribution in [0.25, 0.3) is 0 Å². The number of hydrogen-bond acceptors (Lipinski definition) is 4. The summed E-state index contributed by atoms with van der Waals surface area (Å²) in [5.74, 6) is 0.886. The van der Waals surface area contributed by atoms with Gasteiger partial charge in [0.25, 0.3) is 0 Å². The first-order valence-corrected chi connectivity index (χ1v) is 8.62. The van der Waals surface area contributed by atoms with E-state index in [4.69, 9.17) is 5.73 Å². The van der Waals surface area contributed by atoms with Crippen LogP contribution >= 0.6 is 0 Å². The Balaban J connectivity index is 1.70. The lowest BCUT2D eigenvalue weighted by Gasteiger charge is -2.26. The maximum absolute atomic E-state index is 11.7. The molecule has 2 fully saturated rings. The van der Waals surface area contributed by atoms with Gasteiger partial charge in [0, 0.05) is 18.6 Å². The zero-order valence-corrected chi connectivity index (χ0v) is 11.7. The molecule has 3 unspecified atom stereocenters. The van der Waals surface area contributed by atoms with Gasteiger partial charge in [-0.1, -0.05) is 30.3 Å². The Labute approximate surface area is 114 Å². The van der Waals surface area contributed by atoms with Crippen molar-refractivity contribution in [3.63, 3.8) is 0 Å². The molecule has 0 saturated carbocycles. The summed E-state index contributed by atoms with van der Waals surface area (Å²) in [7, 11) is -2.93. The quantitative estimate of drug-likeness (QED) is 0.862. The largest absolute Gasteiger partial charge is 0.325 e. The van der Waals surface area contributed by atoms with Crippen molar-refractivity contribution >= 4 is 9.84 Å². The first-order valence-electron chi connectivity index (χ1n) is 6.80. The molecule has 2 aliphatic rings. The summed E-state index contributed by atoms with van der Waals surface area (Å²) in [5, 5.41) is 0. The van der Waals surface area contributed by atoms with E-state index < -0.39 is 9.84 Å². The van der Waals surface area contributed by atoms with Gasteiger partial charge in [0.1, 0.15) is 0 Å². The molecule has 2 heterocycles. The maximum atomic E-state index is 11.7. The Morgan fingerprint density at radius 2 is 1.89 bits per heavy atom. The predicted molar refractivity (Wildman–Crippen MR) is 75.8 cm³/mol. The van der Waals surface area contributed by atoms with Crippen molar-refractivity contribution in [3.05, 3.63) is 35.9 Å². The zero-order chi connectivity index (χ0) is 13.5. The van der Waals surface area contributed by atoms with Crippen molar-refractivity contribution in [1.82, 2.24) is 4.90 Å². The number of sulfone groups is 1. The van der Waals surface area contributed by atoms with E-state index in [0.29, 0.717) is 5.92 Å². The monoisotopic (exact) mass is 280 g/mol. The molecule has 104 valence electrons. The van der Waals surface area contributed by atoms with Gasteiger partial charge in [-0.2, -0.15) is 0 Å². The Morgan fingerprint density at radius 3 is 2.53 bits per heavy atom. The number of rotatable bonds is 2. The highest BCUT2D eigenvalue weighted by Gasteiger charge is 2.41. The van der Waals surface area contributed by atoms with Crippen LogP contribution in [0.15, 0.2) is 30.3 Å². The molecule has 3 atom stereocenters. The third-order valence-corrected chi connectivity index (χ3v) is 6.07. The Morgan fingerprint density at radius 1 is 1.16 bits per heavy atom. The van der Waals surface area contributed by atoms with Gasteiger partial charge < -0.3 is 5.73 Å². The number of nitrogens with zero attached hydrogens (tertiary/aromatic N) is 1. The molecule has 0 spiro atoms. The standard InChI is InChI=1S/C14H20N2O2S/c15-13-9-19(17,18)10-14(13)16-7-6-12(8-16)11-4-2-1-3-5-11/h1-5,12-14H,6-10,15H2. The molecular formula is C14H20N2O2S. The SMILES string of the molecule is NC1CS(=O)(=O)CC1N1CCC(c2ccccc2)C1. The smallest absolute Gasteiger partial charge is 0.153 e. The van der Waals surface area contributed by atoms with Crippen molar-refractivity contribution in [2.75, 3.05) is 24.6 Å². The Bertz CT molecular complexity index is 544. The minimum absolute atomic E-state index is 0.0127. The second kappa shape index (κ2) is 4.89. The maximum Gasteiger partial charge on any atom is 0.153 e. The van der Waals surface area contributed by atoms with Gasteiger partial charge >= 0.3 is 0 Å². The molecule has 2 N–H and O–H groups in total. The lowest BCUT2D eigenvalue weighted by atomic mass is 9.99. The number of nitrogens with two attached hydrogens (primary N) is 1. The van der Waals surface area contributed by atoms with E-state index in [-0.39, 0.29) is 23.6 Å². The second-order valence-corrected chi connectivity index (χ2v) is 7.85. The van der Waals surface area contributed by atoms with Gasteiger partial charge in [0.15, 0.2) is 9.84 Å². The van der Waals surface area contributed by atoms with Crippen molar-refractivity contribution in [1.29, 1.82) is 0 Å². The molecule has 1 aromatic rings. The predicted octanol–water partition coefficient (Wildman–Crippen LogP) is 0.600. The molecule has 0 amide bonds. The van der Waals surface area contributed by atoms with Crippen LogP contribution in [0.4, 0.5) is 0 Å². The molecule has 0 aromatic heterocycles. The molecule has 0 bridgehead atoms. The summed E-state index contributed by atoms with van der Waals surface area (Å²) < 4.78 is 23.3. The molecule has 1 aromatic carbocycles. The van der Waals surface area contributed by atoms with Crippen LogP contribution in [0.2, 0.25) is 0 Å². The van der Waals surface area contributed by atoms with Gasteiger partial charge in [-0.15, -0.1) is 0 Å². The van der Waals surface area contributed by atoms with Crippen molar-refractivity contribution in [2.24, 2.45) is 5.73 Å². The van der Waals surface area contributed by atoms with Crippen molar-refractivity contribution in [2.45, 2.75) is 24.4 Å². The van der Waals surface area contributed by atoms with Crippen molar-refractivity contribution in [3.8, 4) is 0 Å². The molecular weight excluding hydrogens is 260 g/mol. The highest BCUT2D eigenvalue weighted by atomic mass is 32.2. The molecule has 0 aliphatic carbocycles. The van der Waals surface area contributed by atoms with Gasteiger partial charge in [-0.05, 0) is 24.4 Å². The third kappa shape index (κ3) is 2.68. The Hall–Kier alpha value is -0.910. The van der Waals surface area contributed by atoms with E-state index in [1.807, 2.05) is 6.07 Å². The lowest BCUT2D eigenvalue weighted by Crippen LogP contribution is -2.45. The van der Waals surface area contributed by atoms with Crippen LogP contribution < -0.4 is 5.73 Å². The molecule has 2 aliphatic heterocycles. The van der Waals surface area contributed by atoms with E-state index in [1.54, 1.807) is 0 Å². The summed E-state index contributed by atoms with van der Waals surface area (Å²) in [6.45, 7) is 1.88. The second-order valence-electron chi connectivity index (χ2n) is 5.70. The van der Waals surface area contributed by atoms with Gasteiger partial charge in [-0.3, -0.25) is 4.90 Å². The van der Waals surface area contributed by atoms with Gasteiger partial charge in [0.05, 0.1) is 11.5 Å². The van der Waals surface area contributed by atoms with E-state index in [9.17, 15) is 8.42 Å². The summed E-state index contributed by atoms with van der Waals surface area (Å²) in [4.78, 5) is 2.27. The van der Waals surface area contributed by atoms with Gasteiger partial charge in [0.2, 0.25) is 0 Å². The molecule has 3 rings (SSSR count). The molecule has 0 radical (unpaired) electrons. The highest BCUT2D eigenvalue weighted by Crippen LogP contribution is 2.30. The summed E-state index contributed by atoms with van der Waals surface area (Å²) in [6, 6.07) is 10.2. The number of benzene rings is 1. The molecule has 5 heteroatoms. The number of hydrogen-bond donors (Lipinski definition) is 1. The van der Waals surface area contributed by atoms with Crippen LogP contribution in [0.3, 0.4) is 0 Å². The third-order valence-electron chi connectivity index (χ3n) is 4.32. The fourth-order valence-corrected chi connectivity index (χ4v) is 5.24. The zero-order valence-electron chi connectivity index (χ0n) is 10.9.